The maximum absolute atomic E-state index is 5.73. The smallest absolute Gasteiger partial charge is 0.143 e. The summed E-state index contributed by atoms with van der Waals surface area (Å²) < 4.78 is 0.853. The fourth-order valence-electron chi connectivity index (χ4n) is 0.652. The van der Waals surface area contributed by atoms with Crippen molar-refractivity contribution in [2.24, 2.45) is 0 Å². The number of rotatable bonds is 1. The molecule has 0 radical (unpaired) electrons. The minimum absolute atomic E-state index is 0.541. The van der Waals surface area contributed by atoms with Gasteiger partial charge in [-0.15, -0.1) is 0 Å². The Morgan fingerprint density at radius 1 is 1.60 bits per heavy atom. The molecule has 0 aliphatic heterocycles. The van der Waals surface area contributed by atoms with Crippen molar-refractivity contribution < 1.29 is 0 Å². The van der Waals surface area contributed by atoms with Crippen LogP contribution in [0.4, 0.5) is 0 Å². The van der Waals surface area contributed by atoms with Crippen LogP contribution in [0.1, 0.15) is 12.6 Å². The van der Waals surface area contributed by atoms with Crippen LogP contribution < -0.4 is 0 Å². The zero-order valence-corrected chi connectivity index (χ0v) is 7.91. The van der Waals surface area contributed by atoms with Gasteiger partial charge in [0.1, 0.15) is 5.15 Å². The zero-order chi connectivity index (χ0) is 7.56. The monoisotopic (exact) mass is 219 g/mol. The largest absolute Gasteiger partial charge is 0.240 e. The maximum Gasteiger partial charge on any atom is 0.143 e. The quantitative estimate of drug-likeness (QED) is 0.663. The lowest BCUT2D eigenvalue weighted by molar-refractivity contribution is 1.03. The van der Waals surface area contributed by atoms with Gasteiger partial charge in [-0.1, -0.05) is 18.5 Å². The Morgan fingerprint density at radius 3 is 2.80 bits per heavy atom. The van der Waals surface area contributed by atoms with Gasteiger partial charge in [0.05, 0.1) is 4.47 Å². The Balaban J connectivity index is 3.04. The summed E-state index contributed by atoms with van der Waals surface area (Å²) in [6.07, 6.45) is 0.924. The Kier molecular flexibility index (Phi) is 2.69. The molecule has 0 unspecified atom stereocenters. The molecule has 0 spiro atoms. The van der Waals surface area contributed by atoms with Crippen LogP contribution in [0.25, 0.3) is 0 Å². The first kappa shape index (κ1) is 8.02. The summed E-state index contributed by atoms with van der Waals surface area (Å²) in [5, 5.41) is 0.541. The van der Waals surface area contributed by atoms with E-state index in [4.69, 9.17) is 11.6 Å². The third-order valence-electron chi connectivity index (χ3n) is 1.22. The molecule has 10 heavy (non-hydrogen) atoms. The van der Waals surface area contributed by atoms with Crippen LogP contribution in [0.15, 0.2) is 16.6 Å². The normalized spacial score (nSPS) is 9.90. The van der Waals surface area contributed by atoms with Gasteiger partial charge in [-0.05, 0) is 34.5 Å². The van der Waals surface area contributed by atoms with E-state index >= 15 is 0 Å². The molecular weight excluding hydrogens is 213 g/mol. The predicted molar refractivity (Wildman–Crippen MR) is 46.3 cm³/mol. The Labute approximate surface area is 73.6 Å². The SMILES string of the molecule is CCc1ccc(Br)c(Cl)n1. The van der Waals surface area contributed by atoms with Crippen molar-refractivity contribution in [1.29, 1.82) is 0 Å². The second-order valence-corrected chi connectivity index (χ2v) is 3.14. The highest BCUT2D eigenvalue weighted by atomic mass is 79.9. The minimum Gasteiger partial charge on any atom is -0.240 e. The lowest BCUT2D eigenvalue weighted by Crippen LogP contribution is -1.86. The molecule has 0 saturated heterocycles. The van der Waals surface area contributed by atoms with Gasteiger partial charge in [-0.25, -0.2) is 4.98 Å². The van der Waals surface area contributed by atoms with Crippen molar-refractivity contribution >= 4 is 27.5 Å². The highest BCUT2D eigenvalue weighted by molar-refractivity contribution is 9.10. The van der Waals surface area contributed by atoms with E-state index in [1.807, 2.05) is 19.1 Å². The summed E-state index contributed by atoms with van der Waals surface area (Å²) in [6, 6.07) is 3.87. The zero-order valence-electron chi connectivity index (χ0n) is 5.56. The van der Waals surface area contributed by atoms with Gasteiger partial charge in [-0.3, -0.25) is 0 Å². The van der Waals surface area contributed by atoms with E-state index in [1.165, 1.54) is 0 Å². The molecule has 0 aliphatic carbocycles. The van der Waals surface area contributed by atoms with Crippen LogP contribution in [0.2, 0.25) is 5.15 Å². The first-order valence-electron chi connectivity index (χ1n) is 3.05. The van der Waals surface area contributed by atoms with Gasteiger partial charge in [-0.2, -0.15) is 0 Å². The molecule has 0 N–H and O–H groups in total. The fraction of sp³-hybridized carbons (Fsp3) is 0.286. The highest BCUT2D eigenvalue weighted by Gasteiger charge is 1.97. The summed E-state index contributed by atoms with van der Waals surface area (Å²) >= 11 is 9.00. The summed E-state index contributed by atoms with van der Waals surface area (Å²) in [4.78, 5) is 4.11. The summed E-state index contributed by atoms with van der Waals surface area (Å²) in [6.45, 7) is 2.05. The molecule has 0 amide bonds. The van der Waals surface area contributed by atoms with Gasteiger partial charge in [0.15, 0.2) is 0 Å². The third kappa shape index (κ3) is 1.70. The minimum atomic E-state index is 0.541. The first-order chi connectivity index (χ1) is 4.74. The Morgan fingerprint density at radius 2 is 2.30 bits per heavy atom. The fourth-order valence-corrected chi connectivity index (χ4v) is 1.04. The van der Waals surface area contributed by atoms with E-state index in [0.717, 1.165) is 16.6 Å². The van der Waals surface area contributed by atoms with Crippen molar-refractivity contribution in [2.75, 3.05) is 0 Å². The van der Waals surface area contributed by atoms with Crippen molar-refractivity contribution in [3.8, 4) is 0 Å². The highest BCUT2D eigenvalue weighted by Crippen LogP contribution is 2.19. The van der Waals surface area contributed by atoms with Crippen LogP contribution in [0, 0.1) is 0 Å². The maximum atomic E-state index is 5.73. The van der Waals surface area contributed by atoms with Gasteiger partial charge in [0.25, 0.3) is 0 Å². The van der Waals surface area contributed by atoms with E-state index in [2.05, 4.69) is 20.9 Å². The number of aromatic nitrogens is 1. The van der Waals surface area contributed by atoms with Crippen molar-refractivity contribution in [3.63, 3.8) is 0 Å². The molecule has 0 aromatic carbocycles. The van der Waals surface area contributed by atoms with Gasteiger partial charge >= 0.3 is 0 Å². The van der Waals surface area contributed by atoms with Crippen LogP contribution >= 0.6 is 27.5 Å². The molecule has 3 heteroatoms. The number of halogens is 2. The second-order valence-electron chi connectivity index (χ2n) is 1.93. The molecule has 1 rings (SSSR count). The number of hydrogen-bond acceptors (Lipinski definition) is 1. The number of nitrogens with zero attached hydrogens (tertiary/aromatic N) is 1. The molecule has 1 aromatic rings. The molecule has 1 heterocycles. The van der Waals surface area contributed by atoms with E-state index in [0.29, 0.717) is 5.15 Å². The van der Waals surface area contributed by atoms with Gasteiger partial charge in [0.2, 0.25) is 0 Å². The standard InChI is InChI=1S/C7H7BrClN/c1-2-5-3-4-6(8)7(9)10-5/h3-4H,2H2,1H3. The van der Waals surface area contributed by atoms with E-state index < -0.39 is 0 Å². The number of pyridine rings is 1. The predicted octanol–water partition coefficient (Wildman–Crippen LogP) is 3.06. The topological polar surface area (TPSA) is 12.9 Å². The first-order valence-corrected chi connectivity index (χ1v) is 4.22. The molecule has 0 saturated carbocycles. The molecule has 0 fully saturated rings. The van der Waals surface area contributed by atoms with Crippen molar-refractivity contribution in [2.45, 2.75) is 13.3 Å². The van der Waals surface area contributed by atoms with E-state index in [1.54, 1.807) is 0 Å². The van der Waals surface area contributed by atoms with Crippen molar-refractivity contribution in [1.82, 2.24) is 4.98 Å². The third-order valence-corrected chi connectivity index (χ3v) is 2.38. The number of hydrogen-bond donors (Lipinski definition) is 0. The lowest BCUT2D eigenvalue weighted by Gasteiger charge is -1.96. The summed E-state index contributed by atoms with van der Waals surface area (Å²) in [5.74, 6) is 0. The van der Waals surface area contributed by atoms with E-state index in [9.17, 15) is 0 Å². The summed E-state index contributed by atoms with van der Waals surface area (Å²) in [7, 11) is 0. The molecule has 0 aliphatic rings. The van der Waals surface area contributed by atoms with Crippen LogP contribution in [-0.4, -0.2) is 4.98 Å². The molecule has 1 nitrogen and oxygen atoms in total. The summed E-state index contributed by atoms with van der Waals surface area (Å²) in [5.41, 5.74) is 1.02. The average Bonchev–Trinajstić information content (AvgIpc) is 1.95. The van der Waals surface area contributed by atoms with Crippen LogP contribution in [0.5, 0.6) is 0 Å². The Hall–Kier alpha value is -0.0800. The van der Waals surface area contributed by atoms with Crippen LogP contribution in [0.3, 0.4) is 0 Å². The second kappa shape index (κ2) is 3.35. The molecule has 0 bridgehead atoms. The van der Waals surface area contributed by atoms with Crippen LogP contribution in [-0.2, 0) is 6.42 Å². The van der Waals surface area contributed by atoms with Gasteiger partial charge < -0.3 is 0 Å². The molecule has 54 valence electrons. The molecule has 0 atom stereocenters. The molecular formula is C7H7BrClN. The number of aryl methyl sites for hydroxylation is 1. The van der Waals surface area contributed by atoms with Gasteiger partial charge in [0, 0.05) is 5.69 Å². The van der Waals surface area contributed by atoms with Crippen molar-refractivity contribution in [3.05, 3.63) is 27.5 Å². The Bertz CT molecular complexity index is 237. The molecule has 1 aromatic heterocycles. The van der Waals surface area contributed by atoms with E-state index in [-0.39, 0.29) is 0 Å². The lowest BCUT2D eigenvalue weighted by atomic mass is 10.3. The average molecular weight is 220 g/mol.